The summed E-state index contributed by atoms with van der Waals surface area (Å²) >= 11 is 0. The van der Waals surface area contributed by atoms with Crippen LogP contribution in [0.25, 0.3) is 0 Å². The summed E-state index contributed by atoms with van der Waals surface area (Å²) in [6.45, 7) is 2.82. The molecule has 1 aromatic heterocycles. The summed E-state index contributed by atoms with van der Waals surface area (Å²) in [7, 11) is 1.63. The maximum absolute atomic E-state index is 10.8. The van der Waals surface area contributed by atoms with Gasteiger partial charge in [0.05, 0.1) is 12.8 Å². The lowest BCUT2D eigenvalue weighted by Gasteiger charge is -2.32. The molecule has 8 heteroatoms. The number of aliphatic carboxylic acids is 1. The van der Waals surface area contributed by atoms with E-state index in [1.54, 1.807) is 13.3 Å². The van der Waals surface area contributed by atoms with E-state index in [1.165, 1.54) is 4.68 Å². The van der Waals surface area contributed by atoms with E-state index < -0.39 is 5.97 Å². The van der Waals surface area contributed by atoms with Crippen molar-refractivity contribution in [2.75, 3.05) is 27.0 Å². The zero-order valence-corrected chi connectivity index (χ0v) is 15.3. The number of likely N-dealkylation sites (tertiary alicyclic amines) is 1. The van der Waals surface area contributed by atoms with Crippen LogP contribution in [0.5, 0.6) is 17.2 Å². The second-order valence-corrected chi connectivity index (χ2v) is 6.94. The van der Waals surface area contributed by atoms with E-state index in [0.29, 0.717) is 17.4 Å². The monoisotopic (exact) mass is 373 g/mol. The van der Waals surface area contributed by atoms with Gasteiger partial charge in [0.25, 0.3) is 0 Å². The van der Waals surface area contributed by atoms with Crippen LogP contribution < -0.4 is 14.2 Å². The van der Waals surface area contributed by atoms with Gasteiger partial charge in [-0.1, -0.05) is 0 Å². The summed E-state index contributed by atoms with van der Waals surface area (Å²) in [6, 6.07) is 5.94. The Hall–Kier alpha value is -2.74. The molecule has 8 nitrogen and oxygen atoms in total. The maximum atomic E-state index is 10.8. The van der Waals surface area contributed by atoms with Crippen LogP contribution in [0.1, 0.15) is 30.0 Å². The smallest absolute Gasteiger partial charge is 0.325 e. The van der Waals surface area contributed by atoms with E-state index in [4.69, 9.17) is 19.3 Å². The highest BCUT2D eigenvalue weighted by Gasteiger charge is 2.25. The molecule has 0 radical (unpaired) electrons. The molecular weight excluding hydrogens is 350 g/mol. The number of aromatic nitrogens is 2. The average Bonchev–Trinajstić information content (AvgIpc) is 3.30. The molecule has 4 rings (SSSR count). The molecule has 0 amide bonds. The maximum Gasteiger partial charge on any atom is 0.325 e. The Labute approximate surface area is 157 Å². The predicted octanol–water partition coefficient (Wildman–Crippen LogP) is 2.08. The molecule has 0 saturated carbocycles. The highest BCUT2D eigenvalue weighted by atomic mass is 16.7. The number of nitrogens with zero attached hydrogens (tertiary/aromatic N) is 3. The van der Waals surface area contributed by atoms with Crippen molar-refractivity contribution in [3.8, 4) is 17.2 Å². The van der Waals surface area contributed by atoms with Gasteiger partial charge in [-0.3, -0.25) is 14.4 Å². The van der Waals surface area contributed by atoms with E-state index >= 15 is 0 Å². The van der Waals surface area contributed by atoms with Gasteiger partial charge >= 0.3 is 5.97 Å². The Kier molecular flexibility index (Phi) is 4.89. The van der Waals surface area contributed by atoms with Gasteiger partial charge in [-0.2, -0.15) is 5.10 Å². The van der Waals surface area contributed by atoms with Crippen LogP contribution >= 0.6 is 0 Å². The number of benzene rings is 1. The third-order valence-corrected chi connectivity index (χ3v) is 5.01. The van der Waals surface area contributed by atoms with Crippen molar-refractivity contribution < 1.29 is 24.1 Å². The Morgan fingerprint density at radius 2 is 2.30 bits per heavy atom. The Morgan fingerprint density at radius 1 is 1.41 bits per heavy atom. The van der Waals surface area contributed by atoms with Crippen molar-refractivity contribution in [1.82, 2.24) is 14.7 Å². The number of rotatable bonds is 6. The molecule has 0 aliphatic carbocycles. The minimum Gasteiger partial charge on any atom is -0.493 e. The number of fused-ring (bicyclic) bond motifs is 1. The van der Waals surface area contributed by atoms with Gasteiger partial charge in [-0.15, -0.1) is 0 Å². The zero-order chi connectivity index (χ0) is 18.8. The van der Waals surface area contributed by atoms with E-state index in [2.05, 4.69) is 10.00 Å². The number of carboxylic acids is 1. The largest absolute Gasteiger partial charge is 0.493 e. The van der Waals surface area contributed by atoms with Gasteiger partial charge < -0.3 is 19.3 Å². The Bertz CT molecular complexity index is 835. The van der Waals surface area contributed by atoms with E-state index in [-0.39, 0.29) is 13.3 Å². The topological polar surface area (TPSA) is 86.1 Å². The Morgan fingerprint density at radius 3 is 3.11 bits per heavy atom. The van der Waals surface area contributed by atoms with Crippen LogP contribution in [0.4, 0.5) is 0 Å². The molecule has 2 aliphatic rings. The fourth-order valence-electron chi connectivity index (χ4n) is 3.80. The second kappa shape index (κ2) is 7.48. The number of ether oxygens (including phenoxy) is 3. The third-order valence-electron chi connectivity index (χ3n) is 5.01. The molecule has 144 valence electrons. The van der Waals surface area contributed by atoms with Crippen LogP contribution in [0, 0.1) is 0 Å². The SMILES string of the molecule is COc1cc(CN2CCC[C@H](c3ccn(CC(=O)O)n3)C2)cc2c1OCO2. The molecule has 0 unspecified atom stereocenters. The number of carbonyl (C=O) groups is 1. The molecule has 1 saturated heterocycles. The third kappa shape index (κ3) is 3.85. The fourth-order valence-corrected chi connectivity index (χ4v) is 3.80. The van der Waals surface area contributed by atoms with Crippen molar-refractivity contribution in [1.29, 1.82) is 0 Å². The number of hydrogen-bond donors (Lipinski definition) is 1. The van der Waals surface area contributed by atoms with Crippen LogP contribution in [-0.4, -0.2) is 52.7 Å². The first-order valence-corrected chi connectivity index (χ1v) is 9.06. The molecule has 0 bridgehead atoms. The van der Waals surface area contributed by atoms with Crippen molar-refractivity contribution in [2.24, 2.45) is 0 Å². The molecule has 1 N–H and O–H groups in total. The summed E-state index contributed by atoms with van der Waals surface area (Å²) in [6.07, 6.45) is 3.88. The molecule has 1 aromatic carbocycles. The first-order chi connectivity index (χ1) is 13.1. The van der Waals surface area contributed by atoms with Gasteiger partial charge in [0, 0.05) is 25.2 Å². The minimum atomic E-state index is -0.883. The molecular formula is C19H23N3O5. The van der Waals surface area contributed by atoms with Crippen LogP contribution in [-0.2, 0) is 17.9 Å². The summed E-state index contributed by atoms with van der Waals surface area (Å²) in [5.41, 5.74) is 2.08. The van der Waals surface area contributed by atoms with Gasteiger partial charge in [-0.25, -0.2) is 0 Å². The van der Waals surface area contributed by atoms with Crippen molar-refractivity contribution in [3.05, 3.63) is 35.7 Å². The number of methoxy groups -OCH3 is 1. The van der Waals surface area contributed by atoms with Crippen molar-refractivity contribution in [2.45, 2.75) is 31.8 Å². The number of carboxylic acid groups (broad SMARTS) is 1. The van der Waals surface area contributed by atoms with Gasteiger partial charge in [0.2, 0.25) is 12.5 Å². The van der Waals surface area contributed by atoms with Crippen LogP contribution in [0.15, 0.2) is 24.4 Å². The summed E-state index contributed by atoms with van der Waals surface area (Å²) in [5.74, 6) is 1.52. The van der Waals surface area contributed by atoms with E-state index in [9.17, 15) is 4.79 Å². The van der Waals surface area contributed by atoms with E-state index in [0.717, 1.165) is 49.5 Å². The first-order valence-electron chi connectivity index (χ1n) is 9.06. The lowest BCUT2D eigenvalue weighted by atomic mass is 9.94. The molecule has 27 heavy (non-hydrogen) atoms. The van der Waals surface area contributed by atoms with Gasteiger partial charge in [0.1, 0.15) is 6.54 Å². The van der Waals surface area contributed by atoms with Gasteiger partial charge in [0.15, 0.2) is 11.5 Å². The molecule has 1 fully saturated rings. The standard InChI is InChI=1S/C19H23N3O5/c1-25-16-7-13(8-17-19(16)27-12-26-17)9-21-5-2-3-14(10-21)15-4-6-22(20-15)11-18(23)24/h4,6-8,14H,2-3,5,9-12H2,1H3,(H,23,24)/t14-/m0/s1. The summed E-state index contributed by atoms with van der Waals surface area (Å²) in [4.78, 5) is 13.2. The lowest BCUT2D eigenvalue weighted by Crippen LogP contribution is -2.34. The summed E-state index contributed by atoms with van der Waals surface area (Å²) < 4.78 is 17.9. The van der Waals surface area contributed by atoms with Crippen LogP contribution in [0.3, 0.4) is 0 Å². The van der Waals surface area contributed by atoms with Gasteiger partial charge in [-0.05, 0) is 43.1 Å². The van der Waals surface area contributed by atoms with Crippen LogP contribution in [0.2, 0.25) is 0 Å². The van der Waals surface area contributed by atoms with Crippen molar-refractivity contribution >= 4 is 5.97 Å². The first kappa shape index (κ1) is 17.7. The second-order valence-electron chi connectivity index (χ2n) is 6.94. The normalized spacial score (nSPS) is 19.2. The molecule has 3 heterocycles. The minimum absolute atomic E-state index is 0.104. The molecule has 0 spiro atoms. The quantitative estimate of drug-likeness (QED) is 0.830. The molecule has 2 aliphatic heterocycles. The Balaban J connectivity index is 1.44. The zero-order valence-electron chi connectivity index (χ0n) is 15.3. The van der Waals surface area contributed by atoms with E-state index in [1.807, 2.05) is 18.2 Å². The summed E-state index contributed by atoms with van der Waals surface area (Å²) in [5, 5.41) is 13.3. The number of hydrogen-bond acceptors (Lipinski definition) is 6. The highest BCUT2D eigenvalue weighted by molar-refractivity contribution is 5.66. The molecule has 1 atom stereocenters. The van der Waals surface area contributed by atoms with Crippen molar-refractivity contribution in [3.63, 3.8) is 0 Å². The highest BCUT2D eigenvalue weighted by Crippen LogP contribution is 2.42. The predicted molar refractivity (Wildman–Crippen MR) is 96.2 cm³/mol. The molecule has 2 aromatic rings. The fraction of sp³-hybridized carbons (Fsp3) is 0.474. The average molecular weight is 373 g/mol. The lowest BCUT2D eigenvalue weighted by molar-refractivity contribution is -0.137. The number of piperidine rings is 1.